The van der Waals surface area contributed by atoms with E-state index in [4.69, 9.17) is 0 Å². The van der Waals surface area contributed by atoms with E-state index in [1.165, 1.54) is 0 Å². The van der Waals surface area contributed by atoms with Gasteiger partial charge in [0.2, 0.25) is 0 Å². The minimum absolute atomic E-state index is 0. The summed E-state index contributed by atoms with van der Waals surface area (Å²) < 4.78 is 39.9. The van der Waals surface area contributed by atoms with Crippen LogP contribution in [0.3, 0.4) is 0 Å². The van der Waals surface area contributed by atoms with Crippen molar-refractivity contribution < 1.29 is 18.3 Å². The Morgan fingerprint density at radius 2 is 1.80 bits per heavy atom. The Balaban J connectivity index is 0.00000156. The first-order valence-corrected chi connectivity index (χ1v) is 8.70. The van der Waals surface area contributed by atoms with E-state index in [2.05, 4.69) is 26.1 Å². The van der Waals surface area contributed by atoms with Crippen LogP contribution in [0, 0.1) is 5.92 Å². The molecule has 25 heavy (non-hydrogen) atoms. The van der Waals surface area contributed by atoms with E-state index in [0.717, 1.165) is 51.5 Å². The fourth-order valence-corrected chi connectivity index (χ4v) is 3.70. The van der Waals surface area contributed by atoms with Gasteiger partial charge in [-0.1, -0.05) is 28.8 Å². The van der Waals surface area contributed by atoms with Crippen LogP contribution in [0.15, 0.2) is 16.6 Å². The van der Waals surface area contributed by atoms with Crippen molar-refractivity contribution in [3.63, 3.8) is 0 Å². The third-order valence-corrected chi connectivity index (χ3v) is 5.07. The van der Waals surface area contributed by atoms with E-state index >= 15 is 0 Å². The van der Waals surface area contributed by atoms with Crippen LogP contribution >= 0.6 is 40.7 Å². The van der Waals surface area contributed by atoms with Crippen molar-refractivity contribution in [1.82, 2.24) is 10.2 Å². The molecule has 3 rings (SSSR count). The first-order chi connectivity index (χ1) is 10.9. The molecular weight excluding hydrogens is 444 g/mol. The lowest BCUT2D eigenvalue weighted by atomic mass is 9.95. The molecule has 1 aliphatic carbocycles. The smallest absolute Gasteiger partial charge is 0.420 e. The molecule has 144 valence electrons. The Morgan fingerprint density at radius 1 is 1.20 bits per heavy atom. The van der Waals surface area contributed by atoms with Gasteiger partial charge in [0.05, 0.1) is 5.56 Å². The summed E-state index contributed by atoms with van der Waals surface area (Å²) in [5.74, 6) is -0.0625. The Hall–Kier alpha value is -0.210. The molecule has 2 aliphatic rings. The highest BCUT2D eigenvalue weighted by molar-refractivity contribution is 9.10. The SMILES string of the molecule is Cl.Cl.Oc1c([C@@H](CC2CC2)N2CCNCC2)cc(Br)cc1C(F)(F)F. The minimum atomic E-state index is -4.56. The molecule has 9 heteroatoms. The normalized spacial score (nSPS) is 19.7. The second kappa shape index (κ2) is 9.13. The zero-order valence-corrected chi connectivity index (χ0v) is 16.7. The molecule has 0 radical (unpaired) electrons. The molecule has 0 aromatic heterocycles. The fourth-order valence-electron chi connectivity index (χ4n) is 3.23. The fraction of sp³-hybridized carbons (Fsp3) is 0.625. The Morgan fingerprint density at radius 3 is 2.32 bits per heavy atom. The molecule has 2 fully saturated rings. The van der Waals surface area contributed by atoms with Gasteiger partial charge in [0.15, 0.2) is 0 Å². The van der Waals surface area contributed by atoms with Crippen molar-refractivity contribution in [2.45, 2.75) is 31.5 Å². The third-order valence-electron chi connectivity index (χ3n) is 4.61. The summed E-state index contributed by atoms with van der Waals surface area (Å²) in [6, 6.07) is 2.42. The molecule has 1 aliphatic heterocycles. The number of hydrogen-bond donors (Lipinski definition) is 2. The lowest BCUT2D eigenvalue weighted by Gasteiger charge is -2.36. The first kappa shape index (κ1) is 22.8. The molecule has 0 spiro atoms. The molecule has 3 nitrogen and oxygen atoms in total. The summed E-state index contributed by atoms with van der Waals surface area (Å²) >= 11 is 3.17. The van der Waals surface area contributed by atoms with Gasteiger partial charge in [-0.15, -0.1) is 24.8 Å². The topological polar surface area (TPSA) is 35.5 Å². The van der Waals surface area contributed by atoms with Crippen LogP contribution in [0.1, 0.15) is 36.4 Å². The highest BCUT2D eigenvalue weighted by Crippen LogP contribution is 2.46. The monoisotopic (exact) mass is 464 g/mol. The van der Waals surface area contributed by atoms with Gasteiger partial charge in [0, 0.05) is 42.3 Å². The van der Waals surface area contributed by atoms with Crippen molar-refractivity contribution in [3.05, 3.63) is 27.7 Å². The number of aromatic hydroxyl groups is 1. The highest BCUT2D eigenvalue weighted by Gasteiger charge is 2.38. The number of rotatable bonds is 4. The number of benzene rings is 1. The Bertz CT molecular complexity index is 579. The molecular formula is C16H22BrCl2F3N2O. The van der Waals surface area contributed by atoms with Crippen LogP contribution in [-0.4, -0.2) is 36.2 Å². The quantitative estimate of drug-likeness (QED) is 0.672. The average molecular weight is 466 g/mol. The van der Waals surface area contributed by atoms with E-state index in [0.29, 0.717) is 16.0 Å². The average Bonchev–Trinajstić information content (AvgIpc) is 3.31. The van der Waals surface area contributed by atoms with Gasteiger partial charge in [-0.3, -0.25) is 4.90 Å². The number of piperazine rings is 1. The lowest BCUT2D eigenvalue weighted by Crippen LogP contribution is -2.45. The summed E-state index contributed by atoms with van der Waals surface area (Å²) in [4.78, 5) is 2.19. The molecule has 0 unspecified atom stereocenters. The van der Waals surface area contributed by atoms with Crippen molar-refractivity contribution in [2.24, 2.45) is 5.92 Å². The number of nitrogens with zero attached hydrogens (tertiary/aromatic N) is 1. The van der Waals surface area contributed by atoms with Gasteiger partial charge in [-0.25, -0.2) is 0 Å². The second-order valence-corrected chi connectivity index (χ2v) is 7.29. The summed E-state index contributed by atoms with van der Waals surface area (Å²) in [5.41, 5.74) is -0.571. The van der Waals surface area contributed by atoms with Crippen LogP contribution in [0.25, 0.3) is 0 Å². The van der Waals surface area contributed by atoms with Crippen LogP contribution in [0.4, 0.5) is 13.2 Å². The van der Waals surface area contributed by atoms with Gasteiger partial charge >= 0.3 is 6.18 Å². The number of halogens is 6. The van der Waals surface area contributed by atoms with Gasteiger partial charge < -0.3 is 10.4 Å². The van der Waals surface area contributed by atoms with Crippen molar-refractivity contribution >= 4 is 40.7 Å². The van der Waals surface area contributed by atoms with Crippen molar-refractivity contribution in [1.29, 1.82) is 0 Å². The second-order valence-electron chi connectivity index (χ2n) is 6.37. The van der Waals surface area contributed by atoms with E-state index in [1.807, 2.05) is 0 Å². The van der Waals surface area contributed by atoms with Gasteiger partial charge in [0.25, 0.3) is 0 Å². The minimum Gasteiger partial charge on any atom is -0.507 e. The number of phenolic OH excluding ortho intramolecular Hbond substituents is 1. The molecule has 1 aromatic rings. The van der Waals surface area contributed by atoms with Crippen LogP contribution in [-0.2, 0) is 6.18 Å². The van der Waals surface area contributed by atoms with E-state index < -0.39 is 17.5 Å². The summed E-state index contributed by atoms with van der Waals surface area (Å²) in [6.45, 7) is 3.21. The summed E-state index contributed by atoms with van der Waals surface area (Å²) in [7, 11) is 0. The van der Waals surface area contributed by atoms with Crippen molar-refractivity contribution in [2.75, 3.05) is 26.2 Å². The van der Waals surface area contributed by atoms with Gasteiger partial charge in [-0.2, -0.15) is 13.2 Å². The largest absolute Gasteiger partial charge is 0.507 e. The maximum atomic E-state index is 13.2. The van der Waals surface area contributed by atoms with Gasteiger partial charge in [0.1, 0.15) is 5.75 Å². The zero-order chi connectivity index (χ0) is 16.6. The maximum absolute atomic E-state index is 13.2. The predicted molar refractivity (Wildman–Crippen MR) is 99.8 cm³/mol. The molecule has 1 aromatic carbocycles. The van der Waals surface area contributed by atoms with Gasteiger partial charge in [-0.05, 0) is 24.5 Å². The molecule has 1 saturated carbocycles. The molecule has 2 N–H and O–H groups in total. The van der Waals surface area contributed by atoms with Crippen molar-refractivity contribution in [3.8, 4) is 5.75 Å². The van der Waals surface area contributed by atoms with E-state index in [-0.39, 0.29) is 30.9 Å². The molecule has 1 heterocycles. The van der Waals surface area contributed by atoms with Crippen LogP contribution in [0.2, 0.25) is 0 Å². The molecule has 1 saturated heterocycles. The zero-order valence-electron chi connectivity index (χ0n) is 13.5. The number of phenols is 1. The van der Waals surface area contributed by atoms with E-state index in [9.17, 15) is 18.3 Å². The summed E-state index contributed by atoms with van der Waals surface area (Å²) in [5, 5.41) is 13.6. The Kier molecular flexibility index (Phi) is 8.34. The number of hydrogen-bond acceptors (Lipinski definition) is 3. The molecule has 0 bridgehead atoms. The number of alkyl halides is 3. The molecule has 0 amide bonds. The lowest BCUT2D eigenvalue weighted by molar-refractivity contribution is -0.138. The summed E-state index contributed by atoms with van der Waals surface area (Å²) in [6.07, 6.45) is -1.50. The van der Waals surface area contributed by atoms with Crippen LogP contribution < -0.4 is 5.32 Å². The Labute approximate surface area is 166 Å². The third kappa shape index (κ3) is 5.63. The standard InChI is InChI=1S/C16H20BrF3N2O.2ClH/c17-11-8-12(15(23)13(9-11)16(18,19)20)14(7-10-1-2-10)22-5-3-21-4-6-22;;/h8-10,14,21,23H,1-7H2;2*1H/t14-;;/m1../s1. The van der Waals surface area contributed by atoms with E-state index in [1.54, 1.807) is 6.07 Å². The first-order valence-electron chi connectivity index (χ1n) is 7.90. The maximum Gasteiger partial charge on any atom is 0.420 e. The van der Waals surface area contributed by atoms with Crippen LogP contribution in [0.5, 0.6) is 5.75 Å². The highest BCUT2D eigenvalue weighted by atomic mass is 79.9. The number of nitrogens with one attached hydrogen (secondary N) is 1. The molecule has 1 atom stereocenters. The predicted octanol–water partition coefficient (Wildman–Crippen LogP) is 4.76.